The van der Waals surface area contributed by atoms with Gasteiger partial charge in [-0.3, -0.25) is 0 Å². The highest BCUT2D eigenvalue weighted by Gasteiger charge is 2.35. The number of aromatic amines is 1. The second-order valence-corrected chi connectivity index (χ2v) is 7.29. The van der Waals surface area contributed by atoms with Gasteiger partial charge in [-0.25, -0.2) is 18.2 Å². The Morgan fingerprint density at radius 2 is 1.92 bits per heavy atom. The van der Waals surface area contributed by atoms with Crippen LogP contribution in [-0.2, 0) is 17.8 Å². The number of benzene rings is 2. The van der Waals surface area contributed by atoms with E-state index in [1.807, 2.05) is 0 Å². The van der Waals surface area contributed by atoms with Crippen LogP contribution in [0.3, 0.4) is 0 Å². The number of halogens is 3. The van der Waals surface area contributed by atoms with Gasteiger partial charge in [-0.1, -0.05) is 6.07 Å². The molecule has 7 heteroatoms. The maximum Gasteiger partial charge on any atom is 0.131 e. The van der Waals surface area contributed by atoms with Gasteiger partial charge in [0.15, 0.2) is 0 Å². The van der Waals surface area contributed by atoms with E-state index in [-0.39, 0.29) is 23.2 Å². The molecule has 1 aromatic heterocycles. The van der Waals surface area contributed by atoms with E-state index in [1.54, 1.807) is 30.2 Å². The third-order valence-corrected chi connectivity index (χ3v) is 5.66. The molecular formula is C19H15F3N2OS. The number of nitrogens with one attached hydrogen (secondary N) is 1. The van der Waals surface area contributed by atoms with Gasteiger partial charge < -0.3 is 9.72 Å². The van der Waals surface area contributed by atoms with Crippen molar-refractivity contribution in [3.63, 3.8) is 0 Å². The monoisotopic (exact) mass is 376 g/mol. The Morgan fingerprint density at radius 1 is 1.12 bits per heavy atom. The number of imidazole rings is 1. The zero-order chi connectivity index (χ0) is 18.1. The first-order chi connectivity index (χ1) is 12.6. The summed E-state index contributed by atoms with van der Waals surface area (Å²) in [6.07, 6.45) is 3.46. The molecule has 3 nitrogen and oxygen atoms in total. The number of fused-ring (bicyclic) bond motifs is 1. The van der Waals surface area contributed by atoms with E-state index >= 15 is 0 Å². The number of nitrogens with zero attached hydrogens (tertiary/aromatic N) is 1. The lowest BCUT2D eigenvalue weighted by Gasteiger charge is -2.20. The van der Waals surface area contributed by atoms with Crippen molar-refractivity contribution < 1.29 is 17.9 Å². The van der Waals surface area contributed by atoms with Gasteiger partial charge in [-0.15, -0.1) is 11.8 Å². The molecule has 0 saturated carbocycles. The van der Waals surface area contributed by atoms with Crippen LogP contribution in [-0.4, -0.2) is 15.2 Å². The van der Waals surface area contributed by atoms with Crippen LogP contribution in [0.5, 0.6) is 0 Å². The molecule has 0 bridgehead atoms. The Balaban J connectivity index is 1.60. The number of hydrogen-bond acceptors (Lipinski definition) is 3. The lowest BCUT2D eigenvalue weighted by atomic mass is 10.0. The Morgan fingerprint density at radius 3 is 2.65 bits per heavy atom. The summed E-state index contributed by atoms with van der Waals surface area (Å²) in [6, 6.07) is 8.22. The molecule has 0 radical (unpaired) electrons. The lowest BCUT2D eigenvalue weighted by Crippen LogP contribution is -2.18. The summed E-state index contributed by atoms with van der Waals surface area (Å²) in [5.41, 5.74) is 0.572. The van der Waals surface area contributed by atoms with Gasteiger partial charge in [0.1, 0.15) is 23.3 Å². The van der Waals surface area contributed by atoms with Crippen LogP contribution >= 0.6 is 11.8 Å². The lowest BCUT2D eigenvalue weighted by molar-refractivity contribution is 0.0357. The van der Waals surface area contributed by atoms with E-state index in [1.165, 1.54) is 30.3 Å². The summed E-state index contributed by atoms with van der Waals surface area (Å²) in [5, 5.41) is -0.0761. The van der Waals surface area contributed by atoms with Crippen molar-refractivity contribution in [1.29, 1.82) is 0 Å². The molecule has 0 amide bonds. The van der Waals surface area contributed by atoms with Crippen LogP contribution in [0.25, 0.3) is 0 Å². The summed E-state index contributed by atoms with van der Waals surface area (Å²) in [5.74, 6) is -0.898. The van der Waals surface area contributed by atoms with Crippen LogP contribution in [0.2, 0.25) is 0 Å². The Bertz CT molecular complexity index is 897. The number of H-pyrrole nitrogens is 1. The average Bonchev–Trinajstić information content (AvgIpc) is 3.23. The minimum absolute atomic E-state index is 0.0761. The van der Waals surface area contributed by atoms with Crippen molar-refractivity contribution in [3.8, 4) is 0 Å². The van der Waals surface area contributed by atoms with Crippen molar-refractivity contribution in [2.45, 2.75) is 29.3 Å². The summed E-state index contributed by atoms with van der Waals surface area (Å²) < 4.78 is 47.4. The SMILES string of the molecule is Fc1ccc2c(c1)[C@H](OCc1c(F)cccc1F)[C@H](Cc1ncc[nH]1)S2. The maximum atomic E-state index is 13.9. The van der Waals surface area contributed by atoms with E-state index in [9.17, 15) is 13.2 Å². The molecule has 1 aliphatic rings. The normalized spacial score (nSPS) is 18.9. The second-order valence-electron chi connectivity index (χ2n) is 6.01. The van der Waals surface area contributed by atoms with Crippen LogP contribution in [0.1, 0.15) is 23.1 Å². The largest absolute Gasteiger partial charge is 0.367 e. The van der Waals surface area contributed by atoms with Gasteiger partial charge in [0.25, 0.3) is 0 Å². The number of rotatable bonds is 5. The molecule has 0 unspecified atom stereocenters. The fourth-order valence-corrected chi connectivity index (χ4v) is 4.44. The molecule has 2 aromatic carbocycles. The third-order valence-electron chi connectivity index (χ3n) is 4.31. The second kappa shape index (κ2) is 7.17. The van der Waals surface area contributed by atoms with Crippen molar-refractivity contribution >= 4 is 11.8 Å². The Kier molecular flexibility index (Phi) is 4.74. The average molecular weight is 376 g/mol. The van der Waals surface area contributed by atoms with Gasteiger partial charge in [-0.2, -0.15) is 0 Å². The predicted octanol–water partition coefficient (Wildman–Crippen LogP) is 4.80. The first kappa shape index (κ1) is 17.2. The van der Waals surface area contributed by atoms with Gasteiger partial charge in [0.05, 0.1) is 12.7 Å². The molecule has 0 spiro atoms. The topological polar surface area (TPSA) is 37.9 Å². The standard InChI is InChI=1S/C19H15F3N2OS/c20-11-4-5-16-12(8-11)19(17(26-16)9-18-23-6-7-24-18)25-10-13-14(21)2-1-3-15(13)22/h1-8,17,19H,9-10H2,(H,23,24)/t17-,19-/m0/s1. The van der Waals surface area contributed by atoms with Gasteiger partial charge in [0, 0.05) is 34.5 Å². The number of thioether (sulfide) groups is 1. The first-order valence-electron chi connectivity index (χ1n) is 8.10. The number of ether oxygens (including phenoxy) is 1. The Hall–Kier alpha value is -2.25. The molecule has 26 heavy (non-hydrogen) atoms. The van der Waals surface area contributed by atoms with Gasteiger partial charge in [0.2, 0.25) is 0 Å². The minimum Gasteiger partial charge on any atom is -0.367 e. The highest BCUT2D eigenvalue weighted by Crippen LogP contribution is 2.47. The summed E-state index contributed by atoms with van der Waals surface area (Å²) in [4.78, 5) is 8.17. The smallest absolute Gasteiger partial charge is 0.131 e. The van der Waals surface area contributed by atoms with E-state index in [0.29, 0.717) is 12.0 Å². The molecule has 4 rings (SSSR count). The van der Waals surface area contributed by atoms with Crippen molar-refractivity contribution in [2.75, 3.05) is 0 Å². The van der Waals surface area contributed by atoms with E-state index < -0.39 is 17.7 Å². The van der Waals surface area contributed by atoms with E-state index in [0.717, 1.165) is 10.7 Å². The third kappa shape index (κ3) is 3.37. The maximum absolute atomic E-state index is 13.9. The van der Waals surface area contributed by atoms with Crippen LogP contribution in [0.4, 0.5) is 13.2 Å². The van der Waals surface area contributed by atoms with Gasteiger partial charge in [-0.05, 0) is 35.9 Å². The van der Waals surface area contributed by atoms with Crippen molar-refractivity contribution in [3.05, 3.63) is 83.2 Å². The zero-order valence-corrected chi connectivity index (χ0v) is 14.4. The molecule has 0 aliphatic carbocycles. The molecule has 1 aliphatic heterocycles. The number of hydrogen-bond donors (Lipinski definition) is 1. The van der Waals surface area contributed by atoms with Crippen molar-refractivity contribution in [2.24, 2.45) is 0 Å². The van der Waals surface area contributed by atoms with E-state index in [4.69, 9.17) is 4.74 Å². The zero-order valence-electron chi connectivity index (χ0n) is 13.6. The molecule has 1 N–H and O–H groups in total. The molecule has 2 heterocycles. The molecule has 0 saturated heterocycles. The predicted molar refractivity (Wildman–Crippen MR) is 92.2 cm³/mol. The summed E-state index contributed by atoms with van der Waals surface area (Å²) in [7, 11) is 0. The van der Waals surface area contributed by atoms with Crippen LogP contribution in [0, 0.1) is 17.5 Å². The molecule has 3 aromatic rings. The van der Waals surface area contributed by atoms with Crippen LogP contribution < -0.4 is 0 Å². The molecular weight excluding hydrogens is 361 g/mol. The highest BCUT2D eigenvalue weighted by atomic mass is 32.2. The summed E-state index contributed by atoms with van der Waals surface area (Å²) in [6.45, 7) is -0.228. The van der Waals surface area contributed by atoms with Crippen molar-refractivity contribution in [1.82, 2.24) is 9.97 Å². The minimum atomic E-state index is -0.655. The molecule has 0 fully saturated rings. The fourth-order valence-electron chi connectivity index (χ4n) is 3.06. The number of aromatic nitrogens is 2. The highest BCUT2D eigenvalue weighted by molar-refractivity contribution is 8.00. The first-order valence-corrected chi connectivity index (χ1v) is 8.98. The quantitative estimate of drug-likeness (QED) is 0.695. The molecule has 134 valence electrons. The van der Waals surface area contributed by atoms with E-state index in [2.05, 4.69) is 9.97 Å². The Labute approximate surface area is 152 Å². The van der Waals surface area contributed by atoms with Gasteiger partial charge >= 0.3 is 0 Å². The molecule has 2 atom stereocenters. The van der Waals surface area contributed by atoms with Crippen LogP contribution in [0.15, 0.2) is 53.7 Å². The summed E-state index contributed by atoms with van der Waals surface area (Å²) >= 11 is 1.56. The fraction of sp³-hybridized carbons (Fsp3) is 0.211.